The van der Waals surface area contributed by atoms with Crippen molar-refractivity contribution in [3.8, 4) is 22.7 Å². The number of benzene rings is 2. The molecule has 2 aromatic carbocycles. The summed E-state index contributed by atoms with van der Waals surface area (Å²) in [5.74, 6) is -0.767. The Morgan fingerprint density at radius 1 is 1.03 bits per heavy atom. The number of nitro benzene ring substituents is 1. The third-order valence-corrected chi connectivity index (χ3v) is 5.91. The first-order valence-electron chi connectivity index (χ1n) is 10.6. The van der Waals surface area contributed by atoms with Crippen LogP contribution < -0.4 is 5.32 Å². The van der Waals surface area contributed by atoms with Gasteiger partial charge in [0, 0.05) is 28.5 Å². The van der Waals surface area contributed by atoms with E-state index in [9.17, 15) is 19.7 Å². The predicted molar refractivity (Wildman–Crippen MR) is 133 cm³/mol. The highest BCUT2D eigenvalue weighted by atomic mass is 32.1. The Morgan fingerprint density at radius 2 is 1.89 bits per heavy atom. The molecule has 0 aliphatic heterocycles. The Kier molecular flexibility index (Phi) is 6.20. The molecule has 1 N–H and O–H groups in total. The Morgan fingerprint density at radius 3 is 2.69 bits per heavy atom. The topological polar surface area (TPSA) is 137 Å². The van der Waals surface area contributed by atoms with Crippen LogP contribution >= 0.6 is 11.3 Å². The van der Waals surface area contributed by atoms with Gasteiger partial charge in [-0.3, -0.25) is 20.2 Å². The normalized spacial score (nSPS) is 10.8. The third-order valence-electron chi connectivity index (χ3n) is 5.15. The average molecular weight is 500 g/mol. The van der Waals surface area contributed by atoms with Gasteiger partial charge in [0.25, 0.3) is 11.6 Å². The SMILES string of the molecule is O=C(COC(=O)c1cc(-c2ccco2)nc2ccccc12)Nc1nc(-c2cccc([N+](=O)[O-])c2)cs1. The smallest absolute Gasteiger partial charge is 0.339 e. The van der Waals surface area contributed by atoms with Gasteiger partial charge in [-0.25, -0.2) is 14.8 Å². The molecule has 0 fully saturated rings. The Balaban J connectivity index is 1.28. The summed E-state index contributed by atoms with van der Waals surface area (Å²) in [5, 5.41) is 16.1. The zero-order valence-corrected chi connectivity index (χ0v) is 19.2. The van der Waals surface area contributed by atoms with Crippen LogP contribution in [0.4, 0.5) is 10.8 Å². The fraction of sp³-hybridized carbons (Fsp3) is 0.0400. The van der Waals surface area contributed by atoms with Crippen molar-refractivity contribution in [2.24, 2.45) is 0 Å². The molecule has 5 aromatic rings. The largest absolute Gasteiger partial charge is 0.463 e. The summed E-state index contributed by atoms with van der Waals surface area (Å²) in [5.41, 5.74) is 2.26. The predicted octanol–water partition coefficient (Wildman–Crippen LogP) is 5.32. The van der Waals surface area contributed by atoms with Crippen molar-refractivity contribution in [3.63, 3.8) is 0 Å². The molecule has 178 valence electrons. The zero-order chi connectivity index (χ0) is 25.1. The number of thiazole rings is 1. The number of carbonyl (C=O) groups excluding carboxylic acids is 2. The number of amides is 1. The molecule has 10 nitrogen and oxygen atoms in total. The number of ether oxygens (including phenoxy) is 1. The van der Waals surface area contributed by atoms with Gasteiger partial charge < -0.3 is 9.15 Å². The van der Waals surface area contributed by atoms with Gasteiger partial charge in [0.2, 0.25) is 0 Å². The minimum absolute atomic E-state index is 0.0585. The number of non-ortho nitro benzene ring substituents is 1. The molecular formula is C25H16N4O6S. The maximum Gasteiger partial charge on any atom is 0.339 e. The fourth-order valence-corrected chi connectivity index (χ4v) is 4.24. The molecule has 0 bridgehead atoms. The van der Waals surface area contributed by atoms with Crippen molar-refractivity contribution < 1.29 is 23.7 Å². The number of esters is 1. The number of anilines is 1. The van der Waals surface area contributed by atoms with Gasteiger partial charge in [0.15, 0.2) is 17.5 Å². The lowest BCUT2D eigenvalue weighted by molar-refractivity contribution is -0.384. The number of nitrogens with zero attached hydrogens (tertiary/aromatic N) is 3. The average Bonchev–Trinajstić information content (AvgIpc) is 3.59. The highest BCUT2D eigenvalue weighted by Gasteiger charge is 2.18. The number of aromatic nitrogens is 2. The zero-order valence-electron chi connectivity index (χ0n) is 18.4. The number of rotatable bonds is 7. The van der Waals surface area contributed by atoms with E-state index >= 15 is 0 Å². The van der Waals surface area contributed by atoms with Crippen molar-refractivity contribution in [1.82, 2.24) is 9.97 Å². The van der Waals surface area contributed by atoms with Gasteiger partial charge in [-0.1, -0.05) is 30.3 Å². The number of hydrogen-bond donors (Lipinski definition) is 1. The van der Waals surface area contributed by atoms with E-state index in [0.717, 1.165) is 11.3 Å². The second kappa shape index (κ2) is 9.76. The fourth-order valence-electron chi connectivity index (χ4n) is 3.50. The van der Waals surface area contributed by atoms with E-state index < -0.39 is 23.4 Å². The van der Waals surface area contributed by atoms with Crippen LogP contribution in [0, 0.1) is 10.1 Å². The summed E-state index contributed by atoms with van der Waals surface area (Å²) in [6, 6.07) is 18.1. The Labute approximate surface area is 207 Å². The standard InChI is InChI=1S/C25H16N4O6S/c30-23(28-25-27-21(14-36-25)15-5-3-6-16(11-15)29(32)33)13-35-24(31)18-12-20(22-9-4-10-34-22)26-19-8-2-1-7-17(18)19/h1-12,14H,13H2,(H,27,28,30). The molecular weight excluding hydrogens is 484 g/mol. The first-order chi connectivity index (χ1) is 17.5. The number of furan rings is 1. The van der Waals surface area contributed by atoms with E-state index in [0.29, 0.717) is 33.6 Å². The van der Waals surface area contributed by atoms with E-state index in [1.165, 1.54) is 18.4 Å². The molecule has 0 saturated carbocycles. The van der Waals surface area contributed by atoms with Crippen molar-refractivity contribution in [3.05, 3.63) is 94.1 Å². The molecule has 1 amide bonds. The van der Waals surface area contributed by atoms with Crippen LogP contribution in [0.25, 0.3) is 33.6 Å². The maximum absolute atomic E-state index is 12.9. The van der Waals surface area contributed by atoms with Crippen molar-refractivity contribution in [2.45, 2.75) is 0 Å². The minimum atomic E-state index is -0.687. The second-order valence-electron chi connectivity index (χ2n) is 7.52. The molecule has 5 rings (SSSR count). The summed E-state index contributed by atoms with van der Waals surface area (Å²) in [6.07, 6.45) is 1.51. The van der Waals surface area contributed by atoms with E-state index in [4.69, 9.17) is 9.15 Å². The quantitative estimate of drug-likeness (QED) is 0.180. The summed E-state index contributed by atoms with van der Waals surface area (Å²) in [7, 11) is 0. The summed E-state index contributed by atoms with van der Waals surface area (Å²) in [4.78, 5) is 44.6. The van der Waals surface area contributed by atoms with Crippen molar-refractivity contribution in [1.29, 1.82) is 0 Å². The lowest BCUT2D eigenvalue weighted by Gasteiger charge is -2.09. The summed E-state index contributed by atoms with van der Waals surface area (Å²) < 4.78 is 10.7. The number of nitrogens with one attached hydrogen (secondary N) is 1. The van der Waals surface area contributed by atoms with Gasteiger partial charge in [-0.15, -0.1) is 11.3 Å². The second-order valence-corrected chi connectivity index (χ2v) is 8.38. The number of pyridine rings is 1. The van der Waals surface area contributed by atoms with Gasteiger partial charge >= 0.3 is 5.97 Å². The van der Waals surface area contributed by atoms with Crippen LogP contribution in [-0.4, -0.2) is 33.4 Å². The highest BCUT2D eigenvalue weighted by molar-refractivity contribution is 7.14. The van der Waals surface area contributed by atoms with Gasteiger partial charge in [0.05, 0.1) is 28.0 Å². The molecule has 0 radical (unpaired) electrons. The van der Waals surface area contributed by atoms with Gasteiger partial charge in [0.1, 0.15) is 5.69 Å². The molecule has 3 heterocycles. The first-order valence-corrected chi connectivity index (χ1v) is 11.5. The molecule has 0 atom stereocenters. The molecule has 0 aliphatic rings. The van der Waals surface area contributed by atoms with Gasteiger partial charge in [-0.2, -0.15) is 0 Å². The van der Waals surface area contributed by atoms with Crippen LogP contribution in [0.2, 0.25) is 0 Å². The molecule has 11 heteroatoms. The lowest BCUT2D eigenvalue weighted by atomic mass is 10.1. The number of fused-ring (bicyclic) bond motifs is 1. The van der Waals surface area contributed by atoms with E-state index in [1.54, 1.807) is 60.0 Å². The van der Waals surface area contributed by atoms with Crippen LogP contribution in [0.15, 0.2) is 82.8 Å². The van der Waals surface area contributed by atoms with Gasteiger partial charge in [-0.05, 0) is 24.3 Å². The van der Waals surface area contributed by atoms with Crippen molar-refractivity contribution in [2.75, 3.05) is 11.9 Å². The van der Waals surface area contributed by atoms with E-state index in [-0.39, 0.29) is 16.4 Å². The van der Waals surface area contributed by atoms with E-state index in [2.05, 4.69) is 15.3 Å². The number of carbonyl (C=O) groups is 2. The van der Waals surface area contributed by atoms with Crippen LogP contribution in [0.3, 0.4) is 0 Å². The number of hydrogen-bond acceptors (Lipinski definition) is 9. The summed E-state index contributed by atoms with van der Waals surface area (Å²) in [6.45, 7) is -0.530. The van der Waals surface area contributed by atoms with Crippen molar-refractivity contribution >= 4 is 44.9 Å². The number of para-hydroxylation sites is 1. The minimum Gasteiger partial charge on any atom is -0.463 e. The molecule has 0 saturated heterocycles. The maximum atomic E-state index is 12.9. The van der Waals surface area contributed by atoms with E-state index in [1.807, 2.05) is 0 Å². The molecule has 0 unspecified atom stereocenters. The van der Waals surface area contributed by atoms with Crippen LogP contribution in [-0.2, 0) is 9.53 Å². The summed E-state index contributed by atoms with van der Waals surface area (Å²) >= 11 is 1.15. The third kappa shape index (κ3) is 4.81. The number of nitro groups is 1. The molecule has 0 spiro atoms. The monoisotopic (exact) mass is 500 g/mol. The molecule has 36 heavy (non-hydrogen) atoms. The Hall–Kier alpha value is -4.90. The van der Waals surface area contributed by atoms with Crippen LogP contribution in [0.5, 0.6) is 0 Å². The highest BCUT2D eigenvalue weighted by Crippen LogP contribution is 2.28. The molecule has 0 aliphatic carbocycles. The lowest BCUT2D eigenvalue weighted by Crippen LogP contribution is -2.21. The van der Waals surface area contributed by atoms with Crippen LogP contribution in [0.1, 0.15) is 10.4 Å². The Bertz CT molecular complexity index is 1600. The molecule has 3 aromatic heterocycles. The first kappa shape index (κ1) is 22.9.